The minimum Gasteiger partial charge on any atom is -0.495 e. The Morgan fingerprint density at radius 2 is 1.93 bits per heavy atom. The van der Waals surface area contributed by atoms with Gasteiger partial charge in [0.25, 0.3) is 0 Å². The van der Waals surface area contributed by atoms with Gasteiger partial charge in [-0.05, 0) is 57.0 Å². The molecule has 6 nitrogen and oxygen atoms in total. The maximum Gasteiger partial charge on any atom is 0.342 e. The number of methoxy groups -OCH3 is 2. The van der Waals surface area contributed by atoms with Gasteiger partial charge in [-0.25, -0.2) is 4.79 Å². The number of ether oxygens (including phenoxy) is 3. The van der Waals surface area contributed by atoms with Gasteiger partial charge >= 0.3 is 5.97 Å². The summed E-state index contributed by atoms with van der Waals surface area (Å²) < 4.78 is 23.4. The van der Waals surface area contributed by atoms with Crippen molar-refractivity contribution in [3.63, 3.8) is 0 Å². The van der Waals surface area contributed by atoms with Crippen molar-refractivity contribution in [2.75, 3.05) is 26.1 Å². The van der Waals surface area contributed by atoms with Crippen molar-refractivity contribution in [1.82, 2.24) is 0 Å². The van der Waals surface area contributed by atoms with Gasteiger partial charge < -0.3 is 23.9 Å². The van der Waals surface area contributed by atoms with Crippen molar-refractivity contribution in [2.45, 2.75) is 13.5 Å². The van der Waals surface area contributed by atoms with Crippen LogP contribution in [0.3, 0.4) is 0 Å². The lowest BCUT2D eigenvalue weighted by atomic mass is 10.1. The fraction of sp³-hybridized carbons (Fsp3) is 0.250. The van der Waals surface area contributed by atoms with E-state index >= 15 is 0 Å². The maximum absolute atomic E-state index is 12.7. The van der Waals surface area contributed by atoms with Crippen LogP contribution in [0.1, 0.15) is 23.0 Å². The van der Waals surface area contributed by atoms with Gasteiger partial charge in [0.05, 0.1) is 47.4 Å². The molecule has 3 rings (SSSR count). The zero-order valence-corrected chi connectivity index (χ0v) is 18.8. The molecule has 148 valence electrons. The van der Waals surface area contributed by atoms with Crippen LogP contribution in [0.15, 0.2) is 43.7 Å². The highest BCUT2D eigenvalue weighted by molar-refractivity contribution is 9.11. The zero-order chi connectivity index (χ0) is 20.3. The summed E-state index contributed by atoms with van der Waals surface area (Å²) in [5.74, 6) is 1.27. The molecule has 0 bridgehead atoms. The molecule has 2 aromatic carbocycles. The van der Waals surface area contributed by atoms with E-state index in [9.17, 15) is 4.79 Å². The highest BCUT2D eigenvalue weighted by atomic mass is 79.9. The first kappa shape index (κ1) is 20.5. The fourth-order valence-electron chi connectivity index (χ4n) is 2.91. The third-order valence-electron chi connectivity index (χ3n) is 4.13. The molecule has 8 heteroatoms. The number of nitrogens with one attached hydrogen (secondary N) is 1. The Balaban J connectivity index is 2.09. The highest BCUT2D eigenvalue weighted by Gasteiger charge is 2.26. The number of fused-ring (bicyclic) bond motifs is 1. The van der Waals surface area contributed by atoms with Gasteiger partial charge in [0.1, 0.15) is 28.4 Å². The molecule has 0 saturated carbocycles. The van der Waals surface area contributed by atoms with Crippen LogP contribution in [0.2, 0.25) is 0 Å². The van der Waals surface area contributed by atoms with E-state index in [4.69, 9.17) is 18.6 Å². The Hall–Kier alpha value is -2.19. The minimum absolute atomic E-state index is 0.260. The average molecular weight is 513 g/mol. The first-order valence-electron chi connectivity index (χ1n) is 8.53. The molecule has 0 unspecified atom stereocenters. The number of anilines is 1. The van der Waals surface area contributed by atoms with E-state index in [0.717, 1.165) is 5.69 Å². The summed E-state index contributed by atoms with van der Waals surface area (Å²) in [5.41, 5.74) is 1.69. The van der Waals surface area contributed by atoms with Crippen molar-refractivity contribution in [2.24, 2.45) is 0 Å². The second-order valence-electron chi connectivity index (χ2n) is 5.75. The number of esters is 1. The van der Waals surface area contributed by atoms with Gasteiger partial charge in [-0.2, -0.15) is 0 Å². The number of hydrogen-bond acceptors (Lipinski definition) is 6. The molecule has 3 aromatic rings. The first-order valence-corrected chi connectivity index (χ1v) is 10.1. The van der Waals surface area contributed by atoms with E-state index < -0.39 is 5.97 Å². The van der Waals surface area contributed by atoms with Gasteiger partial charge in [-0.3, -0.25) is 0 Å². The monoisotopic (exact) mass is 511 g/mol. The zero-order valence-electron chi connectivity index (χ0n) is 15.6. The third kappa shape index (κ3) is 3.84. The van der Waals surface area contributed by atoms with Gasteiger partial charge in [-0.1, -0.05) is 12.1 Å². The Kier molecular flexibility index (Phi) is 6.51. The Morgan fingerprint density at radius 1 is 1.18 bits per heavy atom. The van der Waals surface area contributed by atoms with Gasteiger partial charge in [0, 0.05) is 0 Å². The molecular weight excluding hydrogens is 494 g/mol. The number of rotatable bonds is 7. The predicted octanol–water partition coefficient (Wildman–Crippen LogP) is 5.76. The molecule has 0 aliphatic carbocycles. The van der Waals surface area contributed by atoms with Crippen molar-refractivity contribution in [3.8, 4) is 11.5 Å². The number of carbonyl (C=O) groups is 1. The molecule has 0 radical (unpaired) electrons. The molecular formula is C20H19Br2NO5. The van der Waals surface area contributed by atoms with Crippen LogP contribution in [0.25, 0.3) is 11.0 Å². The van der Waals surface area contributed by atoms with Gasteiger partial charge in [0.2, 0.25) is 0 Å². The van der Waals surface area contributed by atoms with Crippen LogP contribution < -0.4 is 14.8 Å². The lowest BCUT2D eigenvalue weighted by Crippen LogP contribution is -2.09. The molecule has 0 aliphatic rings. The molecule has 1 N–H and O–H groups in total. The van der Waals surface area contributed by atoms with Crippen LogP contribution in [-0.4, -0.2) is 26.8 Å². The quantitative estimate of drug-likeness (QED) is 0.405. The number of halogens is 2. The second-order valence-corrected chi connectivity index (χ2v) is 7.40. The molecule has 0 spiro atoms. The number of hydrogen-bond donors (Lipinski definition) is 1. The highest BCUT2D eigenvalue weighted by Crippen LogP contribution is 2.43. The summed E-state index contributed by atoms with van der Waals surface area (Å²) in [5, 5.41) is 3.86. The number of benzene rings is 2. The summed E-state index contributed by atoms with van der Waals surface area (Å²) in [6.07, 6.45) is 0. The van der Waals surface area contributed by atoms with E-state index in [1.807, 2.05) is 24.3 Å². The van der Waals surface area contributed by atoms with Gasteiger partial charge in [-0.15, -0.1) is 0 Å². The Labute approximate surface area is 179 Å². The standard InChI is InChI=1S/C20H19Br2NO5/c1-4-27-20(24)17-15(10-23-12-7-5-6-8-13(12)25-2)28-14-9-11(21)19(26-3)18(22)16(14)17/h5-9,23H,4,10H2,1-3H3. The molecule has 0 amide bonds. The van der Waals surface area contributed by atoms with Crippen molar-refractivity contribution in [1.29, 1.82) is 0 Å². The van der Waals surface area contributed by atoms with Gasteiger partial charge in [0.15, 0.2) is 0 Å². The van der Waals surface area contributed by atoms with Crippen molar-refractivity contribution >= 4 is 54.5 Å². The summed E-state index contributed by atoms with van der Waals surface area (Å²) in [4.78, 5) is 12.7. The molecule has 0 aliphatic heterocycles. The van der Waals surface area contributed by atoms with Crippen LogP contribution in [-0.2, 0) is 11.3 Å². The smallest absolute Gasteiger partial charge is 0.342 e. The van der Waals surface area contributed by atoms with E-state index in [1.165, 1.54) is 0 Å². The lowest BCUT2D eigenvalue weighted by Gasteiger charge is -2.10. The third-order valence-corrected chi connectivity index (χ3v) is 5.48. The normalized spacial score (nSPS) is 10.8. The van der Waals surface area contributed by atoms with Crippen LogP contribution in [0.5, 0.6) is 11.5 Å². The fourth-order valence-corrected chi connectivity index (χ4v) is 4.52. The number of para-hydroxylation sites is 2. The van der Waals surface area contributed by atoms with Crippen LogP contribution >= 0.6 is 31.9 Å². The summed E-state index contributed by atoms with van der Waals surface area (Å²) in [6.45, 7) is 2.30. The van der Waals surface area contributed by atoms with E-state index in [1.54, 1.807) is 27.2 Å². The molecule has 0 saturated heterocycles. The van der Waals surface area contributed by atoms with Crippen molar-refractivity contribution < 1.29 is 23.4 Å². The van der Waals surface area contributed by atoms with E-state index in [2.05, 4.69) is 37.2 Å². The Bertz CT molecular complexity index is 1020. The summed E-state index contributed by atoms with van der Waals surface area (Å²) in [7, 11) is 3.16. The largest absolute Gasteiger partial charge is 0.495 e. The topological polar surface area (TPSA) is 69.9 Å². The minimum atomic E-state index is -0.455. The van der Waals surface area contributed by atoms with E-state index in [0.29, 0.717) is 42.7 Å². The summed E-state index contributed by atoms with van der Waals surface area (Å²) in [6, 6.07) is 9.30. The summed E-state index contributed by atoms with van der Waals surface area (Å²) >= 11 is 6.99. The molecule has 0 fully saturated rings. The molecule has 0 atom stereocenters. The van der Waals surface area contributed by atoms with Crippen molar-refractivity contribution in [3.05, 3.63) is 50.6 Å². The lowest BCUT2D eigenvalue weighted by molar-refractivity contribution is 0.0526. The van der Waals surface area contributed by atoms with Crippen LogP contribution in [0.4, 0.5) is 5.69 Å². The average Bonchev–Trinajstić information content (AvgIpc) is 3.05. The predicted molar refractivity (Wildman–Crippen MR) is 114 cm³/mol. The Morgan fingerprint density at radius 3 is 2.61 bits per heavy atom. The van der Waals surface area contributed by atoms with Crippen LogP contribution in [0, 0.1) is 0 Å². The molecule has 1 heterocycles. The first-order chi connectivity index (χ1) is 13.5. The second kappa shape index (κ2) is 8.87. The number of carbonyl (C=O) groups excluding carboxylic acids is 1. The molecule has 1 aromatic heterocycles. The molecule has 28 heavy (non-hydrogen) atoms. The van der Waals surface area contributed by atoms with E-state index in [-0.39, 0.29) is 13.2 Å². The maximum atomic E-state index is 12.7. The SMILES string of the molecule is CCOC(=O)c1c(CNc2ccccc2OC)oc2cc(Br)c(OC)c(Br)c12. The number of furan rings is 1.